The molecule has 8 nitrogen and oxygen atoms in total. The summed E-state index contributed by atoms with van der Waals surface area (Å²) in [6.07, 6.45) is 5.66. The molecule has 0 aromatic carbocycles. The lowest BCUT2D eigenvalue weighted by atomic mass is 10.0. The maximum absolute atomic E-state index is 13.4. The number of fused-ring (bicyclic) bond motifs is 3. The van der Waals surface area contributed by atoms with E-state index in [0.29, 0.717) is 24.0 Å². The van der Waals surface area contributed by atoms with Crippen LogP contribution >= 0.6 is 11.3 Å². The van der Waals surface area contributed by atoms with Crippen molar-refractivity contribution < 1.29 is 18.7 Å². The van der Waals surface area contributed by atoms with E-state index in [1.54, 1.807) is 35.5 Å². The van der Waals surface area contributed by atoms with Crippen LogP contribution in [0.3, 0.4) is 0 Å². The van der Waals surface area contributed by atoms with Gasteiger partial charge >= 0.3 is 0 Å². The van der Waals surface area contributed by atoms with Gasteiger partial charge in [-0.25, -0.2) is 4.98 Å². The molecular weight excluding hydrogens is 404 g/mol. The second-order valence-corrected chi connectivity index (χ2v) is 8.71. The summed E-state index contributed by atoms with van der Waals surface area (Å²) in [6, 6.07) is 3.47. The monoisotopic (exact) mass is 428 g/mol. The summed E-state index contributed by atoms with van der Waals surface area (Å²) >= 11 is 1.57. The average Bonchev–Trinajstić information content (AvgIpc) is 3.52. The Morgan fingerprint density at radius 1 is 1.40 bits per heavy atom. The predicted octanol–water partition coefficient (Wildman–Crippen LogP) is 3.21. The molecule has 1 atom stereocenters. The van der Waals surface area contributed by atoms with Crippen molar-refractivity contribution in [3.8, 4) is 11.3 Å². The Morgan fingerprint density at radius 3 is 3.10 bits per heavy atom. The zero-order valence-corrected chi connectivity index (χ0v) is 17.9. The molecule has 4 heterocycles. The fourth-order valence-corrected chi connectivity index (χ4v) is 5.19. The smallest absolute Gasteiger partial charge is 0.295 e. The minimum absolute atomic E-state index is 0.0113. The lowest BCUT2D eigenvalue weighted by molar-refractivity contribution is 0.0888. The quantitative estimate of drug-likeness (QED) is 0.600. The average molecular weight is 429 g/mol. The van der Waals surface area contributed by atoms with E-state index in [-0.39, 0.29) is 17.8 Å². The van der Waals surface area contributed by atoms with Crippen molar-refractivity contribution in [2.75, 3.05) is 25.2 Å². The maximum Gasteiger partial charge on any atom is 0.295 e. The topological polar surface area (TPSA) is 82.6 Å². The van der Waals surface area contributed by atoms with Gasteiger partial charge in [0, 0.05) is 36.9 Å². The van der Waals surface area contributed by atoms with Gasteiger partial charge in [0.15, 0.2) is 10.9 Å². The number of furan rings is 1. The summed E-state index contributed by atoms with van der Waals surface area (Å²) in [5.41, 5.74) is 3.19. The normalized spacial score (nSPS) is 17.7. The number of ether oxygens (including phenoxy) is 2. The summed E-state index contributed by atoms with van der Waals surface area (Å²) in [5.74, 6) is 0.706. The van der Waals surface area contributed by atoms with Gasteiger partial charge in [-0.2, -0.15) is 5.10 Å². The largest absolute Gasteiger partial charge is 0.453 e. The number of anilines is 1. The van der Waals surface area contributed by atoms with Crippen LogP contribution in [0, 0.1) is 0 Å². The van der Waals surface area contributed by atoms with E-state index in [1.807, 2.05) is 17.9 Å². The molecule has 0 bridgehead atoms. The van der Waals surface area contributed by atoms with Crippen LogP contribution in [0.1, 0.15) is 39.7 Å². The first kappa shape index (κ1) is 19.5. The molecule has 5 rings (SSSR count). The number of thiazole rings is 1. The first-order valence-corrected chi connectivity index (χ1v) is 11.0. The molecule has 0 saturated carbocycles. The number of hydrogen-bond donors (Lipinski definition) is 0. The zero-order chi connectivity index (χ0) is 20.7. The molecule has 0 radical (unpaired) electrons. The summed E-state index contributed by atoms with van der Waals surface area (Å²) in [5, 5.41) is 5.07. The second-order valence-electron chi connectivity index (χ2n) is 7.65. The van der Waals surface area contributed by atoms with Gasteiger partial charge in [-0.15, -0.1) is 11.3 Å². The van der Waals surface area contributed by atoms with Crippen LogP contribution in [0.5, 0.6) is 0 Å². The number of carbonyl (C=O) groups excluding carboxylic acids is 1. The maximum atomic E-state index is 13.4. The number of carbonyl (C=O) groups is 1. The minimum Gasteiger partial charge on any atom is -0.453 e. The van der Waals surface area contributed by atoms with Gasteiger partial charge in [0.25, 0.3) is 5.91 Å². The van der Waals surface area contributed by atoms with Crippen LogP contribution in [0.2, 0.25) is 0 Å². The molecule has 1 aliphatic carbocycles. The lowest BCUT2D eigenvalue weighted by Crippen LogP contribution is -2.37. The van der Waals surface area contributed by atoms with Crippen molar-refractivity contribution in [3.63, 3.8) is 0 Å². The second kappa shape index (κ2) is 7.98. The fraction of sp³-hybridized carbons (Fsp3) is 0.476. The Morgan fingerprint density at radius 2 is 2.30 bits per heavy atom. The Hall–Kier alpha value is -2.49. The molecule has 2 aliphatic rings. The van der Waals surface area contributed by atoms with E-state index < -0.39 is 0 Å². The van der Waals surface area contributed by atoms with E-state index in [0.717, 1.165) is 43.5 Å². The molecule has 1 unspecified atom stereocenters. The molecule has 0 N–H and O–H groups in total. The van der Waals surface area contributed by atoms with Gasteiger partial charge < -0.3 is 13.9 Å². The van der Waals surface area contributed by atoms with Crippen LogP contribution in [0.25, 0.3) is 11.3 Å². The Bertz CT molecular complexity index is 1060. The first-order valence-electron chi connectivity index (χ1n) is 10.2. The molecule has 9 heteroatoms. The zero-order valence-electron chi connectivity index (χ0n) is 17.1. The molecule has 1 saturated heterocycles. The number of hydrogen-bond acceptors (Lipinski definition) is 7. The molecule has 1 aliphatic heterocycles. The molecule has 1 fully saturated rings. The van der Waals surface area contributed by atoms with Gasteiger partial charge in [0.1, 0.15) is 12.4 Å². The van der Waals surface area contributed by atoms with Crippen molar-refractivity contribution in [2.24, 2.45) is 7.05 Å². The highest BCUT2D eigenvalue weighted by Gasteiger charge is 2.31. The lowest BCUT2D eigenvalue weighted by Gasteiger charge is -2.22. The third-order valence-corrected chi connectivity index (χ3v) is 6.78. The van der Waals surface area contributed by atoms with Gasteiger partial charge in [-0.3, -0.25) is 14.4 Å². The number of aryl methyl sites for hydroxylation is 2. The van der Waals surface area contributed by atoms with Crippen LogP contribution < -0.4 is 4.90 Å². The Kier molecular flexibility index (Phi) is 5.18. The molecule has 3 aromatic rings. The van der Waals surface area contributed by atoms with Gasteiger partial charge in [0.2, 0.25) is 0 Å². The van der Waals surface area contributed by atoms with Crippen molar-refractivity contribution in [3.05, 3.63) is 40.4 Å². The van der Waals surface area contributed by atoms with Gasteiger partial charge in [-0.05, 0) is 37.8 Å². The number of rotatable bonds is 6. The Labute approximate surface area is 178 Å². The van der Waals surface area contributed by atoms with E-state index in [1.165, 1.54) is 10.6 Å². The van der Waals surface area contributed by atoms with Crippen molar-refractivity contribution >= 4 is 22.4 Å². The van der Waals surface area contributed by atoms with Crippen LogP contribution in [0.4, 0.5) is 5.13 Å². The SMILES string of the molecule is COCc1ccc(C(=O)N(CC2CCCO2)c2nc3c(s2)CCc2c-3cnn2C)o1. The Balaban J connectivity index is 1.49. The van der Waals surface area contributed by atoms with E-state index >= 15 is 0 Å². The van der Waals surface area contributed by atoms with Gasteiger partial charge in [-0.1, -0.05) is 0 Å². The van der Waals surface area contributed by atoms with E-state index in [2.05, 4.69) is 5.10 Å². The highest BCUT2D eigenvalue weighted by atomic mass is 32.1. The van der Waals surface area contributed by atoms with Gasteiger partial charge in [0.05, 0.1) is 24.5 Å². The molecule has 158 valence electrons. The highest BCUT2D eigenvalue weighted by molar-refractivity contribution is 7.16. The van der Waals surface area contributed by atoms with Crippen LogP contribution in [0.15, 0.2) is 22.7 Å². The van der Waals surface area contributed by atoms with E-state index in [4.69, 9.17) is 18.9 Å². The van der Waals surface area contributed by atoms with E-state index in [9.17, 15) is 4.79 Å². The minimum atomic E-state index is -0.203. The predicted molar refractivity (Wildman–Crippen MR) is 112 cm³/mol. The van der Waals surface area contributed by atoms with Crippen LogP contribution in [-0.4, -0.2) is 47.0 Å². The highest BCUT2D eigenvalue weighted by Crippen LogP contribution is 2.39. The van der Waals surface area contributed by atoms with Crippen molar-refractivity contribution in [2.45, 2.75) is 38.4 Å². The van der Waals surface area contributed by atoms with Crippen molar-refractivity contribution in [1.82, 2.24) is 14.8 Å². The molecule has 1 amide bonds. The molecule has 0 spiro atoms. The summed E-state index contributed by atoms with van der Waals surface area (Å²) in [4.78, 5) is 21.2. The number of methoxy groups -OCH3 is 1. The summed E-state index contributed by atoms with van der Waals surface area (Å²) in [7, 11) is 3.55. The molecule has 3 aromatic heterocycles. The first-order chi connectivity index (χ1) is 14.6. The number of nitrogens with zero attached hydrogens (tertiary/aromatic N) is 4. The van der Waals surface area contributed by atoms with Crippen LogP contribution in [-0.2, 0) is 36.0 Å². The standard InChI is InChI=1S/C21H24N4O4S/c1-24-16-6-8-18-19(15(16)10-22-24)23-21(30-18)25(11-13-4-3-9-28-13)20(26)17-7-5-14(29-17)12-27-2/h5,7,10,13H,3-4,6,8-9,11-12H2,1-2H3. The fourth-order valence-electron chi connectivity index (χ4n) is 4.11. The molecule has 30 heavy (non-hydrogen) atoms. The summed E-state index contributed by atoms with van der Waals surface area (Å²) < 4.78 is 18.6. The third-order valence-electron chi connectivity index (χ3n) is 5.64. The van der Waals surface area contributed by atoms with Crippen molar-refractivity contribution in [1.29, 1.82) is 0 Å². The third kappa shape index (κ3) is 3.46. The number of aromatic nitrogens is 3. The summed E-state index contributed by atoms with van der Waals surface area (Å²) in [6.45, 7) is 1.53. The number of amides is 1. The molecular formula is C21H24N4O4S.